The minimum absolute atomic E-state index is 0.265. The first-order chi connectivity index (χ1) is 7.47. The molecule has 0 atom stereocenters. The number of nitrogens with one attached hydrogen (secondary N) is 1. The van der Waals surface area contributed by atoms with E-state index < -0.39 is 0 Å². The summed E-state index contributed by atoms with van der Waals surface area (Å²) in [6.45, 7) is 13.3. The highest BCUT2D eigenvalue weighted by Crippen LogP contribution is 2.27. The lowest BCUT2D eigenvalue weighted by Gasteiger charge is -2.26. The maximum Gasteiger partial charge on any atom is -0.00407 e. The molecule has 90 valence electrons. The lowest BCUT2D eigenvalue weighted by molar-refractivity contribution is 0.461. The van der Waals surface area contributed by atoms with Crippen LogP contribution in [0.5, 0.6) is 0 Å². The Hall–Kier alpha value is -0.820. The second-order valence-electron chi connectivity index (χ2n) is 5.29. The standard InChI is InChI=1S/C15H25N/c1-6-16-10-9-15(4,5)14-8-7-12(2)13(3)11-14/h7-8,11,16H,6,9-10H2,1-5H3. The van der Waals surface area contributed by atoms with Crippen molar-refractivity contribution in [3.05, 3.63) is 34.9 Å². The van der Waals surface area contributed by atoms with Crippen LogP contribution in [0.25, 0.3) is 0 Å². The first-order valence-electron chi connectivity index (χ1n) is 6.26. The van der Waals surface area contributed by atoms with E-state index in [-0.39, 0.29) is 5.41 Å². The van der Waals surface area contributed by atoms with E-state index in [1.54, 1.807) is 0 Å². The third kappa shape index (κ3) is 3.34. The van der Waals surface area contributed by atoms with Crippen LogP contribution in [-0.2, 0) is 5.41 Å². The molecule has 0 aliphatic heterocycles. The van der Waals surface area contributed by atoms with Crippen LogP contribution in [0.3, 0.4) is 0 Å². The van der Waals surface area contributed by atoms with Crippen molar-refractivity contribution < 1.29 is 0 Å². The van der Waals surface area contributed by atoms with Crippen molar-refractivity contribution in [1.82, 2.24) is 5.32 Å². The summed E-state index contributed by atoms with van der Waals surface area (Å²) in [5, 5.41) is 3.40. The monoisotopic (exact) mass is 219 g/mol. The third-order valence-corrected chi connectivity index (χ3v) is 3.47. The smallest absolute Gasteiger partial charge is 0.00407 e. The summed E-state index contributed by atoms with van der Waals surface area (Å²) >= 11 is 0. The van der Waals surface area contributed by atoms with Crippen LogP contribution in [0.4, 0.5) is 0 Å². The molecule has 1 N–H and O–H groups in total. The maximum atomic E-state index is 3.40. The minimum Gasteiger partial charge on any atom is -0.317 e. The molecule has 0 heterocycles. The van der Waals surface area contributed by atoms with Gasteiger partial charge in [-0.15, -0.1) is 0 Å². The van der Waals surface area contributed by atoms with Crippen LogP contribution in [-0.4, -0.2) is 13.1 Å². The molecule has 1 heteroatoms. The number of hydrogen-bond acceptors (Lipinski definition) is 1. The van der Waals surface area contributed by atoms with E-state index in [0.717, 1.165) is 13.1 Å². The molecular formula is C15H25N. The normalized spacial score (nSPS) is 11.8. The molecule has 0 amide bonds. The fourth-order valence-corrected chi connectivity index (χ4v) is 1.88. The van der Waals surface area contributed by atoms with E-state index in [1.165, 1.54) is 23.1 Å². The number of benzene rings is 1. The Balaban J connectivity index is 2.76. The Morgan fingerprint density at radius 3 is 2.38 bits per heavy atom. The van der Waals surface area contributed by atoms with E-state index >= 15 is 0 Å². The van der Waals surface area contributed by atoms with Crippen molar-refractivity contribution in [2.75, 3.05) is 13.1 Å². The molecule has 0 radical (unpaired) electrons. The zero-order chi connectivity index (χ0) is 12.2. The maximum absolute atomic E-state index is 3.40. The average Bonchev–Trinajstić information content (AvgIpc) is 2.22. The Morgan fingerprint density at radius 2 is 1.81 bits per heavy atom. The fraction of sp³-hybridized carbons (Fsp3) is 0.600. The van der Waals surface area contributed by atoms with Gasteiger partial charge in [0.1, 0.15) is 0 Å². The van der Waals surface area contributed by atoms with Crippen LogP contribution in [0, 0.1) is 13.8 Å². The van der Waals surface area contributed by atoms with Crippen molar-refractivity contribution in [1.29, 1.82) is 0 Å². The summed E-state index contributed by atoms with van der Waals surface area (Å²) in [7, 11) is 0. The summed E-state index contributed by atoms with van der Waals surface area (Å²) in [5.74, 6) is 0. The van der Waals surface area contributed by atoms with Gasteiger partial charge in [0.15, 0.2) is 0 Å². The van der Waals surface area contributed by atoms with Crippen molar-refractivity contribution in [3.63, 3.8) is 0 Å². The van der Waals surface area contributed by atoms with Gasteiger partial charge in [0.25, 0.3) is 0 Å². The molecule has 0 saturated carbocycles. The van der Waals surface area contributed by atoms with Gasteiger partial charge in [-0.2, -0.15) is 0 Å². The minimum atomic E-state index is 0.265. The van der Waals surface area contributed by atoms with Gasteiger partial charge in [-0.05, 0) is 55.5 Å². The Kier molecular flexibility index (Phi) is 4.55. The predicted molar refractivity (Wildman–Crippen MR) is 72.1 cm³/mol. The van der Waals surface area contributed by atoms with Gasteiger partial charge in [-0.25, -0.2) is 0 Å². The predicted octanol–water partition coefficient (Wildman–Crippen LogP) is 3.58. The largest absolute Gasteiger partial charge is 0.317 e. The van der Waals surface area contributed by atoms with Gasteiger partial charge < -0.3 is 5.32 Å². The highest BCUT2D eigenvalue weighted by molar-refractivity contribution is 5.33. The van der Waals surface area contributed by atoms with Crippen LogP contribution < -0.4 is 5.32 Å². The topological polar surface area (TPSA) is 12.0 Å². The molecular weight excluding hydrogens is 194 g/mol. The molecule has 0 saturated heterocycles. The van der Waals surface area contributed by atoms with E-state index in [2.05, 4.69) is 58.1 Å². The molecule has 16 heavy (non-hydrogen) atoms. The Labute approximate surface area is 100 Å². The zero-order valence-corrected chi connectivity index (χ0v) is 11.4. The SMILES string of the molecule is CCNCCC(C)(C)c1ccc(C)c(C)c1. The van der Waals surface area contributed by atoms with Gasteiger partial charge >= 0.3 is 0 Å². The number of aryl methyl sites for hydroxylation is 2. The van der Waals surface area contributed by atoms with Crippen LogP contribution in [0.2, 0.25) is 0 Å². The molecule has 0 fully saturated rings. The van der Waals surface area contributed by atoms with Crippen molar-refractivity contribution >= 4 is 0 Å². The molecule has 0 aromatic heterocycles. The Bertz CT molecular complexity index is 339. The van der Waals surface area contributed by atoms with Crippen molar-refractivity contribution in [2.24, 2.45) is 0 Å². The van der Waals surface area contributed by atoms with Crippen LogP contribution >= 0.6 is 0 Å². The van der Waals surface area contributed by atoms with E-state index in [4.69, 9.17) is 0 Å². The van der Waals surface area contributed by atoms with E-state index in [9.17, 15) is 0 Å². The highest BCUT2D eigenvalue weighted by Gasteiger charge is 2.20. The first-order valence-corrected chi connectivity index (χ1v) is 6.26. The zero-order valence-electron chi connectivity index (χ0n) is 11.4. The molecule has 1 aromatic carbocycles. The summed E-state index contributed by atoms with van der Waals surface area (Å²) in [6, 6.07) is 6.84. The number of rotatable bonds is 5. The summed E-state index contributed by atoms with van der Waals surface area (Å²) < 4.78 is 0. The molecule has 0 spiro atoms. The van der Waals surface area contributed by atoms with Crippen molar-refractivity contribution in [2.45, 2.75) is 46.5 Å². The Morgan fingerprint density at radius 1 is 1.12 bits per heavy atom. The number of hydrogen-bond donors (Lipinski definition) is 1. The molecule has 1 rings (SSSR count). The van der Waals surface area contributed by atoms with Gasteiger partial charge in [0.05, 0.1) is 0 Å². The lowest BCUT2D eigenvalue weighted by atomic mass is 9.80. The van der Waals surface area contributed by atoms with Crippen LogP contribution in [0.15, 0.2) is 18.2 Å². The van der Waals surface area contributed by atoms with Crippen molar-refractivity contribution in [3.8, 4) is 0 Å². The molecule has 0 bridgehead atoms. The molecule has 1 aromatic rings. The van der Waals surface area contributed by atoms with E-state index in [1.807, 2.05) is 0 Å². The lowest BCUT2D eigenvalue weighted by Crippen LogP contribution is -2.25. The van der Waals surface area contributed by atoms with Gasteiger partial charge in [-0.3, -0.25) is 0 Å². The second-order valence-corrected chi connectivity index (χ2v) is 5.29. The second kappa shape index (κ2) is 5.49. The summed E-state index contributed by atoms with van der Waals surface area (Å²) in [4.78, 5) is 0. The van der Waals surface area contributed by atoms with Gasteiger partial charge in [0.2, 0.25) is 0 Å². The molecule has 0 aliphatic carbocycles. The molecule has 1 nitrogen and oxygen atoms in total. The summed E-state index contributed by atoms with van der Waals surface area (Å²) in [5.41, 5.74) is 4.49. The summed E-state index contributed by atoms with van der Waals surface area (Å²) in [6.07, 6.45) is 1.18. The first kappa shape index (κ1) is 13.2. The third-order valence-electron chi connectivity index (χ3n) is 3.47. The van der Waals surface area contributed by atoms with Gasteiger partial charge in [-0.1, -0.05) is 39.0 Å². The van der Waals surface area contributed by atoms with Gasteiger partial charge in [0, 0.05) is 0 Å². The van der Waals surface area contributed by atoms with E-state index in [0.29, 0.717) is 0 Å². The quantitative estimate of drug-likeness (QED) is 0.746. The molecule has 0 aliphatic rings. The van der Waals surface area contributed by atoms with Crippen LogP contribution in [0.1, 0.15) is 43.9 Å². The fourth-order valence-electron chi connectivity index (χ4n) is 1.88. The molecule has 0 unspecified atom stereocenters. The highest BCUT2D eigenvalue weighted by atomic mass is 14.8. The average molecular weight is 219 g/mol.